The van der Waals surface area contributed by atoms with E-state index in [2.05, 4.69) is 5.32 Å². The Bertz CT molecular complexity index is 945. The maximum absolute atomic E-state index is 13.0. The minimum atomic E-state index is -3.60. The summed E-state index contributed by atoms with van der Waals surface area (Å²) >= 11 is 1.39. The highest BCUT2D eigenvalue weighted by atomic mass is 32.2. The second kappa shape index (κ2) is 8.63. The molecule has 1 amide bonds. The third kappa shape index (κ3) is 4.74. The van der Waals surface area contributed by atoms with Crippen LogP contribution in [0.1, 0.15) is 47.7 Å². The number of benzene rings is 1. The van der Waals surface area contributed by atoms with Gasteiger partial charge < -0.3 is 10.1 Å². The molecule has 2 aromatic rings. The number of aryl methyl sites for hydroxylation is 1. The first-order chi connectivity index (χ1) is 13.3. The number of amides is 1. The summed E-state index contributed by atoms with van der Waals surface area (Å²) in [5, 5.41) is 2.82. The number of carbonyl (C=O) groups excluding carboxylic acids is 1. The average Bonchev–Trinajstić information content (AvgIpc) is 3.10. The van der Waals surface area contributed by atoms with E-state index in [0.29, 0.717) is 29.4 Å². The van der Waals surface area contributed by atoms with Gasteiger partial charge in [0.15, 0.2) is 0 Å². The Kier molecular flexibility index (Phi) is 6.42. The van der Waals surface area contributed by atoms with Crippen molar-refractivity contribution in [2.45, 2.75) is 51.0 Å². The number of anilines is 1. The summed E-state index contributed by atoms with van der Waals surface area (Å²) in [6, 6.07) is 8.30. The maximum atomic E-state index is 13.0. The van der Waals surface area contributed by atoms with Crippen molar-refractivity contribution < 1.29 is 17.9 Å². The van der Waals surface area contributed by atoms with E-state index in [0.717, 1.165) is 24.1 Å². The third-order valence-corrected chi connectivity index (χ3v) is 7.37. The smallest absolute Gasteiger partial charge is 0.265 e. The highest BCUT2D eigenvalue weighted by Gasteiger charge is 2.27. The Balaban J connectivity index is 1.93. The predicted octanol–water partition coefficient (Wildman–Crippen LogP) is 4.27. The van der Waals surface area contributed by atoms with Crippen LogP contribution >= 0.6 is 11.3 Å². The normalized spacial score (nSPS) is 15.6. The number of sulfonamides is 1. The molecule has 1 aliphatic rings. The summed E-state index contributed by atoms with van der Waals surface area (Å²) in [5.41, 5.74) is 0.364. The fraction of sp³-hybridized carbons (Fsp3) is 0.450. The topological polar surface area (TPSA) is 75.7 Å². The van der Waals surface area contributed by atoms with Crippen LogP contribution in [-0.2, 0) is 10.0 Å². The fourth-order valence-corrected chi connectivity index (χ4v) is 5.43. The molecule has 1 fully saturated rings. The SMILES string of the molecule is Cc1ccc(C(=O)Nc2cc(S(=O)(=O)N3CCCCC3)ccc2OC(C)C)s1. The standard InChI is InChI=1S/C20H26N2O4S2/c1-14(2)26-18-9-8-16(28(24,25)22-11-5-4-6-12-22)13-17(18)21-20(23)19-10-7-15(3)27-19/h7-10,13-14H,4-6,11-12H2,1-3H3,(H,21,23). The van der Waals surface area contributed by atoms with Gasteiger partial charge in [-0.3, -0.25) is 4.79 Å². The maximum Gasteiger partial charge on any atom is 0.265 e. The molecule has 1 aliphatic heterocycles. The van der Waals surface area contributed by atoms with E-state index in [4.69, 9.17) is 4.74 Å². The molecule has 0 atom stereocenters. The van der Waals surface area contributed by atoms with Gasteiger partial charge in [-0.15, -0.1) is 11.3 Å². The molecule has 0 radical (unpaired) electrons. The van der Waals surface area contributed by atoms with Crippen molar-refractivity contribution >= 4 is 33.0 Å². The average molecular weight is 423 g/mol. The van der Waals surface area contributed by atoms with Crippen molar-refractivity contribution in [1.82, 2.24) is 4.31 Å². The van der Waals surface area contributed by atoms with E-state index < -0.39 is 10.0 Å². The van der Waals surface area contributed by atoms with Crippen molar-refractivity contribution in [3.63, 3.8) is 0 Å². The molecule has 0 bridgehead atoms. The largest absolute Gasteiger partial charge is 0.489 e. The van der Waals surface area contributed by atoms with Crippen LogP contribution in [0.15, 0.2) is 35.2 Å². The zero-order valence-corrected chi connectivity index (χ0v) is 18.0. The molecule has 8 heteroatoms. The lowest BCUT2D eigenvalue weighted by Crippen LogP contribution is -2.35. The summed E-state index contributed by atoms with van der Waals surface area (Å²) < 4.78 is 33.3. The number of carbonyl (C=O) groups is 1. The van der Waals surface area contributed by atoms with E-state index in [1.165, 1.54) is 21.7 Å². The van der Waals surface area contributed by atoms with Gasteiger partial charge in [0.05, 0.1) is 21.6 Å². The van der Waals surface area contributed by atoms with Crippen molar-refractivity contribution in [1.29, 1.82) is 0 Å². The Labute approximate surface area is 170 Å². The van der Waals surface area contributed by atoms with Gasteiger partial charge in [0.25, 0.3) is 5.91 Å². The molecule has 1 aromatic heterocycles. The quantitative estimate of drug-likeness (QED) is 0.754. The molecule has 1 saturated heterocycles. The van der Waals surface area contributed by atoms with Gasteiger partial charge in [0.2, 0.25) is 10.0 Å². The lowest BCUT2D eigenvalue weighted by atomic mass is 10.2. The number of ether oxygens (including phenoxy) is 1. The van der Waals surface area contributed by atoms with Crippen LogP contribution in [0.3, 0.4) is 0 Å². The first kappa shape index (κ1) is 20.8. The van der Waals surface area contributed by atoms with Crippen LogP contribution in [-0.4, -0.2) is 37.8 Å². The Morgan fingerprint density at radius 3 is 2.46 bits per heavy atom. The molecule has 0 unspecified atom stereocenters. The van der Waals surface area contributed by atoms with Crippen LogP contribution < -0.4 is 10.1 Å². The second-order valence-corrected chi connectivity index (χ2v) is 10.4. The van der Waals surface area contributed by atoms with E-state index in [-0.39, 0.29) is 16.9 Å². The molecular weight excluding hydrogens is 396 g/mol. The molecule has 3 rings (SSSR count). The molecule has 2 heterocycles. The molecular formula is C20H26N2O4S2. The number of nitrogens with zero attached hydrogens (tertiary/aromatic N) is 1. The van der Waals surface area contributed by atoms with Crippen molar-refractivity contribution in [2.24, 2.45) is 0 Å². The zero-order valence-electron chi connectivity index (χ0n) is 16.4. The zero-order chi connectivity index (χ0) is 20.3. The lowest BCUT2D eigenvalue weighted by molar-refractivity contribution is 0.102. The number of nitrogens with one attached hydrogen (secondary N) is 1. The number of hydrogen-bond donors (Lipinski definition) is 1. The van der Waals surface area contributed by atoms with Gasteiger partial charge in [-0.1, -0.05) is 6.42 Å². The molecule has 28 heavy (non-hydrogen) atoms. The van der Waals surface area contributed by atoms with Gasteiger partial charge in [-0.05, 0) is 63.9 Å². The number of hydrogen-bond acceptors (Lipinski definition) is 5. The van der Waals surface area contributed by atoms with Crippen LogP contribution in [0.25, 0.3) is 0 Å². The number of rotatable bonds is 6. The minimum Gasteiger partial charge on any atom is -0.489 e. The van der Waals surface area contributed by atoms with Gasteiger partial charge >= 0.3 is 0 Å². The van der Waals surface area contributed by atoms with Crippen LogP contribution in [0.5, 0.6) is 5.75 Å². The molecule has 0 spiro atoms. The van der Waals surface area contributed by atoms with Crippen LogP contribution in [0.4, 0.5) is 5.69 Å². The summed E-state index contributed by atoms with van der Waals surface area (Å²) in [4.78, 5) is 14.4. The first-order valence-electron chi connectivity index (χ1n) is 9.46. The highest BCUT2D eigenvalue weighted by molar-refractivity contribution is 7.89. The first-order valence-corrected chi connectivity index (χ1v) is 11.7. The Hall–Kier alpha value is -1.90. The summed E-state index contributed by atoms with van der Waals surface area (Å²) in [6.07, 6.45) is 2.68. The predicted molar refractivity (Wildman–Crippen MR) is 112 cm³/mol. The van der Waals surface area contributed by atoms with Crippen LogP contribution in [0.2, 0.25) is 0 Å². The minimum absolute atomic E-state index is 0.107. The van der Waals surface area contributed by atoms with Gasteiger partial charge in [-0.25, -0.2) is 8.42 Å². The molecule has 0 aliphatic carbocycles. The van der Waals surface area contributed by atoms with Gasteiger partial charge in [-0.2, -0.15) is 4.31 Å². The number of thiophene rings is 1. The van der Waals surface area contributed by atoms with E-state index in [1.54, 1.807) is 18.2 Å². The third-order valence-electron chi connectivity index (χ3n) is 4.48. The summed E-state index contributed by atoms with van der Waals surface area (Å²) in [6.45, 7) is 6.76. The van der Waals surface area contributed by atoms with Crippen LogP contribution in [0, 0.1) is 6.92 Å². The van der Waals surface area contributed by atoms with E-state index in [9.17, 15) is 13.2 Å². The lowest BCUT2D eigenvalue weighted by Gasteiger charge is -2.26. The molecule has 1 N–H and O–H groups in total. The highest BCUT2D eigenvalue weighted by Crippen LogP contribution is 2.31. The Morgan fingerprint density at radius 1 is 1.14 bits per heavy atom. The van der Waals surface area contributed by atoms with Crippen molar-refractivity contribution in [3.8, 4) is 5.75 Å². The molecule has 6 nitrogen and oxygen atoms in total. The fourth-order valence-electron chi connectivity index (χ4n) is 3.12. The summed E-state index contributed by atoms with van der Waals surface area (Å²) in [7, 11) is -3.60. The second-order valence-electron chi connectivity index (χ2n) is 7.15. The monoisotopic (exact) mass is 422 g/mol. The van der Waals surface area contributed by atoms with Gasteiger partial charge in [0, 0.05) is 18.0 Å². The van der Waals surface area contributed by atoms with Crippen molar-refractivity contribution in [3.05, 3.63) is 40.1 Å². The van der Waals surface area contributed by atoms with Crippen molar-refractivity contribution in [2.75, 3.05) is 18.4 Å². The molecule has 0 saturated carbocycles. The van der Waals surface area contributed by atoms with E-state index >= 15 is 0 Å². The number of piperidine rings is 1. The molecule has 1 aromatic carbocycles. The van der Waals surface area contributed by atoms with E-state index in [1.807, 2.05) is 26.8 Å². The molecule has 152 valence electrons. The summed E-state index contributed by atoms with van der Waals surface area (Å²) in [5.74, 6) is 0.174. The Morgan fingerprint density at radius 2 is 1.86 bits per heavy atom. The van der Waals surface area contributed by atoms with Gasteiger partial charge in [0.1, 0.15) is 5.75 Å².